The highest BCUT2D eigenvalue weighted by Gasteiger charge is 2.03. The number of nitrogens with zero attached hydrogens (tertiary/aromatic N) is 3. The first-order valence-electron chi connectivity index (χ1n) is 5.35. The maximum atomic E-state index is 5.46. The lowest BCUT2D eigenvalue weighted by Gasteiger charge is -2.03. The lowest BCUT2D eigenvalue weighted by Crippen LogP contribution is -2.04. The lowest BCUT2D eigenvalue weighted by atomic mass is 10.3. The van der Waals surface area contributed by atoms with E-state index in [2.05, 4.69) is 15.1 Å². The Morgan fingerprint density at radius 2 is 2.29 bits per heavy atom. The van der Waals surface area contributed by atoms with Gasteiger partial charge in [-0.25, -0.2) is 0 Å². The Balaban J connectivity index is 1.90. The third-order valence-electron chi connectivity index (χ3n) is 2.14. The number of hydrogen-bond acceptors (Lipinski definition) is 6. The van der Waals surface area contributed by atoms with Crippen LogP contribution in [0.25, 0.3) is 0 Å². The SMILES string of the molecule is Cc1nc(COc2ccc(CCN)nc2)no1. The van der Waals surface area contributed by atoms with E-state index in [1.165, 1.54) is 0 Å². The van der Waals surface area contributed by atoms with Crippen LogP contribution >= 0.6 is 0 Å². The molecule has 0 radical (unpaired) electrons. The molecule has 0 unspecified atom stereocenters. The van der Waals surface area contributed by atoms with Crippen LogP contribution in [0.4, 0.5) is 0 Å². The van der Waals surface area contributed by atoms with Crippen LogP contribution in [0, 0.1) is 6.92 Å². The summed E-state index contributed by atoms with van der Waals surface area (Å²) >= 11 is 0. The minimum absolute atomic E-state index is 0.273. The van der Waals surface area contributed by atoms with Gasteiger partial charge in [0.25, 0.3) is 0 Å². The van der Waals surface area contributed by atoms with Crippen molar-refractivity contribution in [2.75, 3.05) is 6.54 Å². The van der Waals surface area contributed by atoms with Gasteiger partial charge in [-0.05, 0) is 18.7 Å². The average molecular weight is 234 g/mol. The van der Waals surface area contributed by atoms with E-state index in [-0.39, 0.29) is 6.61 Å². The van der Waals surface area contributed by atoms with Gasteiger partial charge in [0.15, 0.2) is 6.61 Å². The van der Waals surface area contributed by atoms with E-state index in [1.54, 1.807) is 13.1 Å². The summed E-state index contributed by atoms with van der Waals surface area (Å²) in [5.41, 5.74) is 6.39. The van der Waals surface area contributed by atoms with E-state index < -0.39 is 0 Å². The monoisotopic (exact) mass is 234 g/mol. The summed E-state index contributed by atoms with van der Waals surface area (Å²) in [7, 11) is 0. The van der Waals surface area contributed by atoms with Gasteiger partial charge in [-0.15, -0.1) is 0 Å². The van der Waals surface area contributed by atoms with Crippen molar-refractivity contribution in [1.82, 2.24) is 15.1 Å². The standard InChI is InChI=1S/C11H14N4O2/c1-8-14-11(15-17-8)7-16-10-3-2-9(4-5-12)13-6-10/h2-3,6H,4-5,7,12H2,1H3. The van der Waals surface area contributed by atoms with Crippen LogP contribution in [-0.4, -0.2) is 21.7 Å². The maximum absolute atomic E-state index is 5.46. The van der Waals surface area contributed by atoms with Crippen molar-refractivity contribution in [2.24, 2.45) is 5.73 Å². The molecule has 0 amide bonds. The molecule has 2 rings (SSSR count). The Kier molecular flexibility index (Phi) is 3.66. The quantitative estimate of drug-likeness (QED) is 0.825. The third kappa shape index (κ3) is 3.25. The second-order valence-electron chi connectivity index (χ2n) is 3.54. The average Bonchev–Trinajstić information content (AvgIpc) is 2.75. The molecule has 2 aromatic rings. The number of ether oxygens (including phenoxy) is 1. The zero-order valence-electron chi connectivity index (χ0n) is 9.59. The fourth-order valence-corrected chi connectivity index (χ4v) is 1.34. The van der Waals surface area contributed by atoms with Crippen LogP contribution in [0.2, 0.25) is 0 Å². The largest absolute Gasteiger partial charge is 0.484 e. The van der Waals surface area contributed by atoms with Crippen LogP contribution in [0.1, 0.15) is 17.4 Å². The molecule has 0 atom stereocenters. The summed E-state index contributed by atoms with van der Waals surface area (Å²) in [6, 6.07) is 3.74. The number of pyridine rings is 1. The van der Waals surface area contributed by atoms with Crippen molar-refractivity contribution in [3.05, 3.63) is 35.7 Å². The summed E-state index contributed by atoms with van der Waals surface area (Å²) in [5.74, 6) is 1.72. The van der Waals surface area contributed by atoms with Crippen LogP contribution in [0.3, 0.4) is 0 Å². The zero-order chi connectivity index (χ0) is 12.1. The first-order valence-corrected chi connectivity index (χ1v) is 5.35. The van der Waals surface area contributed by atoms with Crippen molar-refractivity contribution in [1.29, 1.82) is 0 Å². The molecular formula is C11H14N4O2. The van der Waals surface area contributed by atoms with Gasteiger partial charge in [0, 0.05) is 19.0 Å². The van der Waals surface area contributed by atoms with Crippen LogP contribution in [-0.2, 0) is 13.0 Å². The molecule has 6 nitrogen and oxygen atoms in total. The highest BCUT2D eigenvalue weighted by molar-refractivity contribution is 5.20. The molecule has 2 N–H and O–H groups in total. The summed E-state index contributed by atoms with van der Waals surface area (Å²) in [6.07, 6.45) is 2.43. The van der Waals surface area contributed by atoms with Crippen molar-refractivity contribution < 1.29 is 9.26 Å². The van der Waals surface area contributed by atoms with Crippen LogP contribution < -0.4 is 10.5 Å². The molecule has 0 spiro atoms. The van der Waals surface area contributed by atoms with Crippen molar-refractivity contribution in [3.63, 3.8) is 0 Å². The van der Waals surface area contributed by atoms with Crippen molar-refractivity contribution >= 4 is 0 Å². The van der Waals surface area contributed by atoms with Gasteiger partial charge in [0.05, 0.1) is 6.20 Å². The first kappa shape index (κ1) is 11.5. The molecule has 0 bridgehead atoms. The Morgan fingerprint density at radius 1 is 1.41 bits per heavy atom. The van der Waals surface area contributed by atoms with E-state index >= 15 is 0 Å². The Morgan fingerprint density at radius 3 is 2.88 bits per heavy atom. The van der Waals surface area contributed by atoms with Gasteiger partial charge in [-0.2, -0.15) is 4.98 Å². The van der Waals surface area contributed by atoms with E-state index in [0.717, 1.165) is 12.1 Å². The molecule has 0 aromatic carbocycles. The molecule has 90 valence electrons. The van der Waals surface area contributed by atoms with Crippen LogP contribution in [0.5, 0.6) is 5.75 Å². The first-order chi connectivity index (χ1) is 8.28. The zero-order valence-corrected chi connectivity index (χ0v) is 9.59. The second kappa shape index (κ2) is 5.40. The molecule has 6 heteroatoms. The molecule has 2 aromatic heterocycles. The topological polar surface area (TPSA) is 87.1 Å². The van der Waals surface area contributed by atoms with E-state index in [0.29, 0.717) is 24.0 Å². The summed E-state index contributed by atoms with van der Waals surface area (Å²) in [4.78, 5) is 8.25. The van der Waals surface area contributed by atoms with Crippen molar-refractivity contribution in [2.45, 2.75) is 20.0 Å². The minimum atomic E-state index is 0.273. The number of nitrogens with two attached hydrogens (primary N) is 1. The fraction of sp³-hybridized carbons (Fsp3) is 0.364. The summed E-state index contributed by atoms with van der Waals surface area (Å²) < 4.78 is 10.3. The molecule has 0 saturated carbocycles. The Bertz CT molecular complexity index is 467. The normalized spacial score (nSPS) is 10.5. The predicted molar refractivity (Wildman–Crippen MR) is 60.4 cm³/mol. The number of aromatic nitrogens is 3. The van der Waals surface area contributed by atoms with Crippen LogP contribution in [0.15, 0.2) is 22.9 Å². The lowest BCUT2D eigenvalue weighted by molar-refractivity contribution is 0.284. The van der Waals surface area contributed by atoms with E-state index in [9.17, 15) is 0 Å². The molecular weight excluding hydrogens is 220 g/mol. The second-order valence-corrected chi connectivity index (χ2v) is 3.54. The molecule has 0 aliphatic carbocycles. The van der Waals surface area contributed by atoms with Gasteiger partial charge < -0.3 is 15.0 Å². The van der Waals surface area contributed by atoms with E-state index in [1.807, 2.05) is 12.1 Å². The number of rotatable bonds is 5. The van der Waals surface area contributed by atoms with Crippen molar-refractivity contribution in [3.8, 4) is 5.75 Å². The smallest absolute Gasteiger partial charge is 0.223 e. The summed E-state index contributed by atoms with van der Waals surface area (Å²) in [6.45, 7) is 2.60. The Hall–Kier alpha value is -1.95. The predicted octanol–water partition coefficient (Wildman–Crippen LogP) is 0.853. The Labute approximate surface area is 98.8 Å². The summed E-state index contributed by atoms with van der Waals surface area (Å²) in [5, 5.41) is 3.73. The maximum Gasteiger partial charge on any atom is 0.223 e. The van der Waals surface area contributed by atoms with Gasteiger partial charge >= 0.3 is 0 Å². The third-order valence-corrected chi connectivity index (χ3v) is 2.14. The van der Waals surface area contributed by atoms with E-state index in [4.69, 9.17) is 15.0 Å². The molecule has 0 aliphatic rings. The number of aryl methyl sites for hydroxylation is 1. The van der Waals surface area contributed by atoms with Gasteiger partial charge in [0.2, 0.25) is 11.7 Å². The highest BCUT2D eigenvalue weighted by Crippen LogP contribution is 2.11. The van der Waals surface area contributed by atoms with Gasteiger partial charge in [-0.1, -0.05) is 5.16 Å². The minimum Gasteiger partial charge on any atom is -0.484 e. The molecule has 17 heavy (non-hydrogen) atoms. The van der Waals surface area contributed by atoms with Gasteiger partial charge in [-0.3, -0.25) is 4.98 Å². The highest BCUT2D eigenvalue weighted by atomic mass is 16.5. The molecule has 0 saturated heterocycles. The van der Waals surface area contributed by atoms with Gasteiger partial charge in [0.1, 0.15) is 5.75 Å². The molecule has 0 aliphatic heterocycles. The molecule has 0 fully saturated rings. The number of hydrogen-bond donors (Lipinski definition) is 1. The fourth-order valence-electron chi connectivity index (χ4n) is 1.34. The molecule has 2 heterocycles.